The Kier molecular flexibility index (Phi) is 6.96. The molecule has 4 rings (SSSR count). The van der Waals surface area contributed by atoms with Gasteiger partial charge in [-0.25, -0.2) is 14.2 Å². The lowest BCUT2D eigenvalue weighted by Gasteiger charge is -2.19. The van der Waals surface area contributed by atoms with Gasteiger partial charge in [0.1, 0.15) is 17.0 Å². The summed E-state index contributed by atoms with van der Waals surface area (Å²) in [7, 11) is 0.962. The fraction of sp³-hybridized carbons (Fsp3) is 0.308. The Labute approximate surface area is 219 Å². The van der Waals surface area contributed by atoms with Crippen molar-refractivity contribution in [2.45, 2.75) is 39.5 Å². The molecule has 2 aromatic heterocycles. The molecule has 0 bridgehead atoms. The maximum Gasteiger partial charge on any atom is 0.431 e. The molecule has 200 valence electrons. The highest BCUT2D eigenvalue weighted by Gasteiger charge is 2.35. The molecule has 38 heavy (non-hydrogen) atoms. The molecule has 0 atom stereocenters. The van der Waals surface area contributed by atoms with Crippen molar-refractivity contribution in [1.82, 2.24) is 13.5 Å². The largest absolute Gasteiger partial charge is 0.482 e. The molecular weight excluding hydrogens is 523 g/mol. The number of carbonyl (C=O) groups excluding carboxylic acids is 1. The zero-order valence-corrected chi connectivity index (χ0v) is 22.0. The third-order valence-corrected chi connectivity index (χ3v) is 6.39. The van der Waals surface area contributed by atoms with E-state index in [-0.39, 0.29) is 12.3 Å². The van der Waals surface area contributed by atoms with Crippen LogP contribution < -0.4 is 16.0 Å². The van der Waals surface area contributed by atoms with E-state index in [0.717, 1.165) is 17.3 Å². The lowest BCUT2D eigenvalue weighted by molar-refractivity contribution is -0.157. The van der Waals surface area contributed by atoms with Crippen molar-refractivity contribution >= 4 is 27.6 Å². The van der Waals surface area contributed by atoms with E-state index in [1.807, 2.05) is 6.92 Å². The molecule has 0 aliphatic rings. The quantitative estimate of drug-likeness (QED) is 0.332. The SMILES string of the molecule is Cc1ccc(OCC(=O)OC(C)(C)C)cc1-c1nsc2ccc(-n3c(=O)cc(C(F)(F)F)n(C)c3=O)cc12. The summed E-state index contributed by atoms with van der Waals surface area (Å²) in [5, 5.41) is 0.591. The van der Waals surface area contributed by atoms with E-state index in [9.17, 15) is 27.6 Å². The number of rotatable bonds is 5. The molecule has 0 spiro atoms. The van der Waals surface area contributed by atoms with Crippen LogP contribution in [0.25, 0.3) is 27.0 Å². The number of carbonyl (C=O) groups is 1. The molecule has 4 aromatic rings. The van der Waals surface area contributed by atoms with E-state index in [1.54, 1.807) is 45.0 Å². The monoisotopic (exact) mass is 547 g/mol. The number of hydrogen-bond acceptors (Lipinski definition) is 7. The van der Waals surface area contributed by atoms with Crippen molar-refractivity contribution in [2.75, 3.05) is 6.61 Å². The van der Waals surface area contributed by atoms with Crippen LogP contribution in [0, 0.1) is 6.92 Å². The van der Waals surface area contributed by atoms with Crippen LogP contribution in [0.3, 0.4) is 0 Å². The van der Waals surface area contributed by atoms with Crippen molar-refractivity contribution in [3.63, 3.8) is 0 Å². The topological polar surface area (TPSA) is 92.4 Å². The first kappa shape index (κ1) is 27.1. The molecule has 2 heterocycles. The Morgan fingerprint density at radius 2 is 1.76 bits per heavy atom. The summed E-state index contributed by atoms with van der Waals surface area (Å²) in [5.74, 6) is -0.117. The van der Waals surface area contributed by atoms with E-state index in [1.165, 1.54) is 23.7 Å². The Morgan fingerprint density at radius 1 is 1.05 bits per heavy atom. The number of halogens is 3. The van der Waals surface area contributed by atoms with Gasteiger partial charge in [-0.3, -0.25) is 9.36 Å². The fourth-order valence-electron chi connectivity index (χ4n) is 3.85. The van der Waals surface area contributed by atoms with Crippen LogP contribution in [0.1, 0.15) is 32.0 Å². The summed E-state index contributed by atoms with van der Waals surface area (Å²) in [4.78, 5) is 37.4. The van der Waals surface area contributed by atoms with Crippen LogP contribution in [0.15, 0.2) is 52.1 Å². The second-order valence-corrected chi connectivity index (χ2v) is 10.4. The summed E-state index contributed by atoms with van der Waals surface area (Å²) >= 11 is 1.18. The predicted molar refractivity (Wildman–Crippen MR) is 137 cm³/mol. The second-order valence-electron chi connectivity index (χ2n) is 9.61. The fourth-order valence-corrected chi connectivity index (χ4v) is 4.62. The zero-order valence-electron chi connectivity index (χ0n) is 21.2. The summed E-state index contributed by atoms with van der Waals surface area (Å²) < 4.78 is 56.9. The van der Waals surface area contributed by atoms with Gasteiger partial charge < -0.3 is 9.47 Å². The number of hydrogen-bond donors (Lipinski definition) is 0. The maximum atomic E-state index is 13.2. The molecule has 8 nitrogen and oxygen atoms in total. The van der Waals surface area contributed by atoms with Gasteiger partial charge in [0.05, 0.1) is 16.1 Å². The van der Waals surface area contributed by atoms with Gasteiger partial charge in [-0.05, 0) is 75.1 Å². The van der Waals surface area contributed by atoms with E-state index < -0.39 is 34.7 Å². The average Bonchev–Trinajstić information content (AvgIpc) is 3.22. The number of ether oxygens (including phenoxy) is 2. The van der Waals surface area contributed by atoms with Gasteiger partial charge in [0, 0.05) is 24.1 Å². The molecule has 2 aromatic carbocycles. The predicted octanol–water partition coefficient (Wildman–Crippen LogP) is 4.86. The van der Waals surface area contributed by atoms with Gasteiger partial charge in [-0.2, -0.15) is 17.5 Å². The maximum absolute atomic E-state index is 13.2. The second kappa shape index (κ2) is 9.75. The van der Waals surface area contributed by atoms with E-state index in [2.05, 4.69) is 4.37 Å². The van der Waals surface area contributed by atoms with E-state index in [0.29, 0.717) is 37.6 Å². The van der Waals surface area contributed by atoms with E-state index >= 15 is 0 Å². The van der Waals surface area contributed by atoms with Crippen LogP contribution in [0.2, 0.25) is 0 Å². The lowest BCUT2D eigenvalue weighted by Crippen LogP contribution is -2.40. The Hall–Kier alpha value is -3.93. The highest BCUT2D eigenvalue weighted by atomic mass is 32.1. The highest BCUT2D eigenvalue weighted by molar-refractivity contribution is 7.13. The first-order valence-corrected chi connectivity index (χ1v) is 12.2. The summed E-state index contributed by atoms with van der Waals surface area (Å²) in [5.41, 5.74) is -2.04. The van der Waals surface area contributed by atoms with Crippen LogP contribution in [-0.2, 0) is 22.8 Å². The van der Waals surface area contributed by atoms with Gasteiger partial charge in [-0.1, -0.05) is 6.07 Å². The van der Waals surface area contributed by atoms with Crippen LogP contribution in [-0.4, -0.2) is 31.7 Å². The molecule has 0 saturated carbocycles. The van der Waals surface area contributed by atoms with Crippen molar-refractivity contribution in [1.29, 1.82) is 0 Å². The summed E-state index contributed by atoms with van der Waals surface area (Å²) in [6.45, 7) is 6.83. The van der Waals surface area contributed by atoms with Crippen LogP contribution in [0.5, 0.6) is 5.75 Å². The first-order valence-electron chi connectivity index (χ1n) is 11.4. The first-order chi connectivity index (χ1) is 17.7. The molecule has 0 N–H and O–H groups in total. The van der Waals surface area contributed by atoms with Crippen molar-refractivity contribution in [3.05, 3.63) is 74.6 Å². The zero-order chi connectivity index (χ0) is 28.0. The molecule has 0 unspecified atom stereocenters. The molecule has 0 amide bonds. The number of benzene rings is 2. The lowest BCUT2D eigenvalue weighted by atomic mass is 10.0. The third kappa shape index (κ3) is 5.49. The summed E-state index contributed by atoms with van der Waals surface area (Å²) in [6.07, 6.45) is -4.85. The van der Waals surface area contributed by atoms with Crippen LogP contribution >= 0.6 is 11.5 Å². The number of nitrogens with zero attached hydrogens (tertiary/aromatic N) is 3. The number of aromatic nitrogens is 3. The number of fused-ring (bicyclic) bond motifs is 1. The molecule has 0 aliphatic carbocycles. The third-order valence-electron chi connectivity index (χ3n) is 5.56. The molecule has 0 fully saturated rings. The van der Waals surface area contributed by atoms with Gasteiger partial charge in [0.2, 0.25) is 0 Å². The van der Waals surface area contributed by atoms with Gasteiger partial charge in [-0.15, -0.1) is 0 Å². The minimum atomic E-state index is -4.85. The van der Waals surface area contributed by atoms with Crippen molar-refractivity contribution < 1.29 is 27.4 Å². The number of aryl methyl sites for hydroxylation is 1. The smallest absolute Gasteiger partial charge is 0.431 e. The Balaban J connectivity index is 1.75. The minimum Gasteiger partial charge on any atom is -0.482 e. The Bertz CT molecular complexity index is 1660. The van der Waals surface area contributed by atoms with Crippen LogP contribution in [0.4, 0.5) is 13.2 Å². The Morgan fingerprint density at radius 3 is 2.42 bits per heavy atom. The normalized spacial score (nSPS) is 12.1. The minimum absolute atomic E-state index is 0.105. The summed E-state index contributed by atoms with van der Waals surface area (Å²) in [6, 6.07) is 10.3. The number of esters is 1. The number of alkyl halides is 3. The molecule has 12 heteroatoms. The molecule has 0 saturated heterocycles. The van der Waals surface area contributed by atoms with Gasteiger partial charge in [0.15, 0.2) is 6.61 Å². The van der Waals surface area contributed by atoms with Gasteiger partial charge in [0.25, 0.3) is 5.56 Å². The molecule has 0 radical (unpaired) electrons. The molecular formula is C26H24F3N3O5S. The van der Waals surface area contributed by atoms with Gasteiger partial charge >= 0.3 is 17.8 Å². The van der Waals surface area contributed by atoms with Crippen molar-refractivity contribution in [2.24, 2.45) is 7.05 Å². The molecule has 0 aliphatic heterocycles. The highest BCUT2D eigenvalue weighted by Crippen LogP contribution is 2.35. The van der Waals surface area contributed by atoms with E-state index in [4.69, 9.17) is 9.47 Å². The average molecular weight is 548 g/mol. The van der Waals surface area contributed by atoms with Crippen molar-refractivity contribution in [3.8, 4) is 22.7 Å². The standard InChI is InChI=1S/C26H24F3N3O5S/c1-14-6-8-16(36-13-22(34)37-25(2,3)4)11-17(14)23-18-10-15(7-9-19(18)38-30-23)32-21(33)12-20(26(27,28)29)31(5)24(32)35/h6-12H,13H2,1-5H3.